The zero-order valence-corrected chi connectivity index (χ0v) is 8.15. The maximum Gasteiger partial charge on any atom is 0.0907 e. The molecule has 1 fully saturated rings. The van der Waals surface area contributed by atoms with Crippen molar-refractivity contribution in [2.75, 3.05) is 13.1 Å². The smallest absolute Gasteiger partial charge is 0.0907 e. The van der Waals surface area contributed by atoms with Gasteiger partial charge in [-0.3, -0.25) is 9.97 Å². The molecule has 1 saturated heterocycles. The van der Waals surface area contributed by atoms with Gasteiger partial charge in [-0.25, -0.2) is 0 Å². The fourth-order valence-corrected chi connectivity index (χ4v) is 1.57. The molecule has 1 aromatic heterocycles. The first kappa shape index (κ1) is 9.55. The number of nitrogens with zero attached hydrogens (tertiary/aromatic N) is 2. The molecule has 0 spiro atoms. The Kier molecular flexibility index (Phi) is 3.43. The molecule has 1 N–H and O–H groups in total. The molecule has 0 bridgehead atoms. The zero-order valence-electron chi connectivity index (χ0n) is 8.15. The van der Waals surface area contributed by atoms with E-state index in [1.165, 1.54) is 0 Å². The van der Waals surface area contributed by atoms with Gasteiger partial charge >= 0.3 is 0 Å². The first-order chi connectivity index (χ1) is 6.95. The van der Waals surface area contributed by atoms with Gasteiger partial charge < -0.3 is 10.1 Å². The molecule has 0 atom stereocenters. The molecule has 2 rings (SSSR count). The molecule has 0 amide bonds. The van der Waals surface area contributed by atoms with Gasteiger partial charge in [-0.1, -0.05) is 0 Å². The van der Waals surface area contributed by atoms with Crippen molar-refractivity contribution in [3.8, 4) is 0 Å². The standard InChI is InChI=1S/C10H15N3O/c1-3-11-4-2-10(1)14-8-9-7-12-5-6-13-9/h5-7,10-11H,1-4,8H2. The monoisotopic (exact) mass is 193 g/mol. The van der Waals surface area contributed by atoms with Crippen LogP contribution < -0.4 is 5.32 Å². The van der Waals surface area contributed by atoms with E-state index in [4.69, 9.17) is 4.74 Å². The van der Waals surface area contributed by atoms with Crippen LogP contribution in [0.15, 0.2) is 18.6 Å². The second-order valence-electron chi connectivity index (χ2n) is 3.46. The molecule has 14 heavy (non-hydrogen) atoms. The van der Waals surface area contributed by atoms with Gasteiger partial charge in [-0.05, 0) is 25.9 Å². The third-order valence-electron chi connectivity index (χ3n) is 2.37. The van der Waals surface area contributed by atoms with Gasteiger partial charge in [0.05, 0.1) is 24.6 Å². The molecule has 2 heterocycles. The topological polar surface area (TPSA) is 47.0 Å². The van der Waals surface area contributed by atoms with Crippen LogP contribution in [0.25, 0.3) is 0 Å². The van der Waals surface area contributed by atoms with E-state index in [-0.39, 0.29) is 0 Å². The Balaban J connectivity index is 1.76. The highest BCUT2D eigenvalue weighted by molar-refractivity contribution is 4.92. The van der Waals surface area contributed by atoms with E-state index >= 15 is 0 Å². The summed E-state index contributed by atoms with van der Waals surface area (Å²) < 4.78 is 5.73. The van der Waals surface area contributed by atoms with Crippen molar-refractivity contribution in [1.29, 1.82) is 0 Å². The minimum Gasteiger partial charge on any atom is -0.372 e. The minimum absolute atomic E-state index is 0.387. The van der Waals surface area contributed by atoms with Gasteiger partial charge in [0.15, 0.2) is 0 Å². The Labute approximate surface area is 83.7 Å². The van der Waals surface area contributed by atoms with E-state index in [9.17, 15) is 0 Å². The zero-order chi connectivity index (χ0) is 9.64. The molecule has 0 radical (unpaired) electrons. The molecule has 0 aliphatic carbocycles. The summed E-state index contributed by atoms with van der Waals surface area (Å²) in [5.74, 6) is 0. The Morgan fingerprint density at radius 1 is 1.36 bits per heavy atom. The predicted octanol–water partition coefficient (Wildman–Crippen LogP) is 0.745. The van der Waals surface area contributed by atoms with Crippen molar-refractivity contribution in [2.24, 2.45) is 0 Å². The molecular formula is C10H15N3O. The van der Waals surface area contributed by atoms with Gasteiger partial charge in [-0.15, -0.1) is 0 Å². The maximum atomic E-state index is 5.73. The Morgan fingerprint density at radius 3 is 2.93 bits per heavy atom. The van der Waals surface area contributed by atoms with Gasteiger partial charge in [0.1, 0.15) is 0 Å². The van der Waals surface area contributed by atoms with E-state index in [1.54, 1.807) is 18.6 Å². The van der Waals surface area contributed by atoms with Crippen LogP contribution in [-0.2, 0) is 11.3 Å². The Hall–Kier alpha value is -1.00. The van der Waals surface area contributed by atoms with Crippen molar-refractivity contribution in [1.82, 2.24) is 15.3 Å². The predicted molar refractivity (Wildman–Crippen MR) is 52.7 cm³/mol. The number of aromatic nitrogens is 2. The van der Waals surface area contributed by atoms with Crippen LogP contribution in [0.1, 0.15) is 18.5 Å². The van der Waals surface area contributed by atoms with Crippen LogP contribution in [0.2, 0.25) is 0 Å². The second kappa shape index (κ2) is 5.02. The summed E-state index contributed by atoms with van der Waals surface area (Å²) in [4.78, 5) is 8.15. The largest absolute Gasteiger partial charge is 0.372 e. The molecule has 76 valence electrons. The lowest BCUT2D eigenvalue weighted by Gasteiger charge is -2.22. The lowest BCUT2D eigenvalue weighted by atomic mass is 10.1. The quantitative estimate of drug-likeness (QED) is 0.769. The van der Waals surface area contributed by atoms with Crippen LogP contribution in [0.5, 0.6) is 0 Å². The van der Waals surface area contributed by atoms with Crippen LogP contribution in [0.4, 0.5) is 0 Å². The summed E-state index contributed by atoms with van der Waals surface area (Å²) in [5, 5.41) is 3.30. The number of piperidine rings is 1. The number of rotatable bonds is 3. The van der Waals surface area contributed by atoms with E-state index < -0.39 is 0 Å². The molecule has 1 aromatic rings. The second-order valence-corrected chi connectivity index (χ2v) is 3.46. The highest BCUT2D eigenvalue weighted by Gasteiger charge is 2.13. The fraction of sp³-hybridized carbons (Fsp3) is 0.600. The number of nitrogens with one attached hydrogen (secondary N) is 1. The molecule has 1 aliphatic heterocycles. The molecule has 0 unspecified atom stereocenters. The van der Waals surface area contributed by atoms with Crippen LogP contribution >= 0.6 is 0 Å². The van der Waals surface area contributed by atoms with E-state index in [0.29, 0.717) is 12.7 Å². The average molecular weight is 193 g/mol. The maximum absolute atomic E-state index is 5.73. The van der Waals surface area contributed by atoms with Crippen molar-refractivity contribution < 1.29 is 4.74 Å². The van der Waals surface area contributed by atoms with Crippen molar-refractivity contribution in [2.45, 2.75) is 25.6 Å². The lowest BCUT2D eigenvalue weighted by Crippen LogP contribution is -2.32. The summed E-state index contributed by atoms with van der Waals surface area (Å²) in [7, 11) is 0. The lowest BCUT2D eigenvalue weighted by molar-refractivity contribution is 0.0194. The first-order valence-corrected chi connectivity index (χ1v) is 5.02. The summed E-state index contributed by atoms with van der Waals surface area (Å²) in [6.45, 7) is 2.70. The Bertz CT molecular complexity index is 259. The van der Waals surface area contributed by atoms with E-state index in [1.807, 2.05) is 0 Å². The molecular weight excluding hydrogens is 178 g/mol. The van der Waals surface area contributed by atoms with Gasteiger partial charge in [0.2, 0.25) is 0 Å². The number of ether oxygens (including phenoxy) is 1. The summed E-state index contributed by atoms with van der Waals surface area (Å²) >= 11 is 0. The van der Waals surface area contributed by atoms with Crippen molar-refractivity contribution >= 4 is 0 Å². The molecule has 1 aliphatic rings. The summed E-state index contributed by atoms with van der Waals surface area (Å²) in [6, 6.07) is 0. The van der Waals surface area contributed by atoms with Crippen LogP contribution in [0, 0.1) is 0 Å². The Morgan fingerprint density at radius 2 is 2.21 bits per heavy atom. The molecule has 0 saturated carbocycles. The normalized spacial score (nSPS) is 18.3. The molecule has 4 heteroatoms. The number of hydrogen-bond acceptors (Lipinski definition) is 4. The third-order valence-corrected chi connectivity index (χ3v) is 2.37. The first-order valence-electron chi connectivity index (χ1n) is 5.02. The summed E-state index contributed by atoms with van der Waals surface area (Å²) in [5.41, 5.74) is 0.908. The fourth-order valence-electron chi connectivity index (χ4n) is 1.57. The SMILES string of the molecule is c1cnc(COC2CCNCC2)cn1. The van der Waals surface area contributed by atoms with Crippen molar-refractivity contribution in [3.63, 3.8) is 0 Å². The van der Waals surface area contributed by atoms with Crippen LogP contribution in [-0.4, -0.2) is 29.2 Å². The highest BCUT2D eigenvalue weighted by atomic mass is 16.5. The van der Waals surface area contributed by atoms with Gasteiger partial charge in [0.25, 0.3) is 0 Å². The van der Waals surface area contributed by atoms with Crippen molar-refractivity contribution in [3.05, 3.63) is 24.3 Å². The van der Waals surface area contributed by atoms with Gasteiger partial charge in [-0.2, -0.15) is 0 Å². The number of hydrogen-bond donors (Lipinski definition) is 1. The molecule has 0 aromatic carbocycles. The third kappa shape index (κ3) is 2.75. The van der Waals surface area contributed by atoms with E-state index in [2.05, 4.69) is 15.3 Å². The van der Waals surface area contributed by atoms with Crippen LogP contribution in [0.3, 0.4) is 0 Å². The minimum atomic E-state index is 0.387. The van der Waals surface area contributed by atoms with E-state index in [0.717, 1.165) is 31.6 Å². The average Bonchev–Trinajstić information content (AvgIpc) is 2.29. The molecule has 4 nitrogen and oxygen atoms in total. The summed E-state index contributed by atoms with van der Waals surface area (Å²) in [6.07, 6.45) is 7.70. The van der Waals surface area contributed by atoms with Gasteiger partial charge in [0, 0.05) is 12.4 Å². The highest BCUT2D eigenvalue weighted by Crippen LogP contribution is 2.09.